The third-order valence-electron chi connectivity index (χ3n) is 2.85. The molecule has 0 aliphatic rings. The molecule has 0 saturated heterocycles. The first-order chi connectivity index (χ1) is 10.7. The van der Waals surface area contributed by atoms with Gasteiger partial charge in [0.25, 0.3) is 0 Å². The molecule has 0 radical (unpaired) electrons. The van der Waals surface area contributed by atoms with Crippen molar-refractivity contribution in [2.45, 2.75) is 18.5 Å². The van der Waals surface area contributed by atoms with Crippen molar-refractivity contribution in [2.75, 3.05) is 17.6 Å². The summed E-state index contributed by atoms with van der Waals surface area (Å²) >= 11 is 1.22. The average Bonchev–Trinajstić information content (AvgIpc) is 3.05. The molecule has 0 spiro atoms. The summed E-state index contributed by atoms with van der Waals surface area (Å²) in [6.45, 7) is 1.96. The number of aromatic amines is 1. The molecule has 1 heterocycles. The number of carbonyl (C=O) groups excluding carboxylic acids is 2. The van der Waals surface area contributed by atoms with Crippen LogP contribution in [0.1, 0.15) is 12.5 Å². The summed E-state index contributed by atoms with van der Waals surface area (Å²) in [6, 6.07) is 7.60. The lowest BCUT2D eigenvalue weighted by Crippen LogP contribution is -2.34. The van der Waals surface area contributed by atoms with Crippen LogP contribution in [-0.2, 0) is 16.0 Å². The van der Waals surface area contributed by atoms with Gasteiger partial charge in [-0.05, 0) is 18.1 Å². The zero-order valence-corrected chi connectivity index (χ0v) is 12.9. The highest BCUT2D eigenvalue weighted by Gasteiger charge is 2.09. The van der Waals surface area contributed by atoms with E-state index in [2.05, 4.69) is 25.8 Å². The summed E-state index contributed by atoms with van der Waals surface area (Å²) in [6.07, 6.45) is 2.20. The molecular formula is C14H17N5O2S. The molecule has 0 bridgehead atoms. The van der Waals surface area contributed by atoms with Gasteiger partial charge in [-0.2, -0.15) is 5.10 Å². The number of carbonyl (C=O) groups is 2. The smallest absolute Gasteiger partial charge is 0.243 e. The van der Waals surface area contributed by atoms with Gasteiger partial charge in [-0.1, -0.05) is 36.9 Å². The number of anilines is 1. The van der Waals surface area contributed by atoms with E-state index in [1.807, 2.05) is 31.2 Å². The van der Waals surface area contributed by atoms with Gasteiger partial charge in [0.2, 0.25) is 11.8 Å². The van der Waals surface area contributed by atoms with E-state index in [1.165, 1.54) is 18.1 Å². The minimum absolute atomic E-state index is 0.0617. The Hall–Kier alpha value is -2.35. The number of benzene rings is 1. The standard InChI is InChI=1S/C14H17N5O2S/c1-2-10-5-3-4-6-11(10)18-12(20)7-15-13(21)8-22-14-16-9-17-19-14/h3-6,9H,2,7-8H2,1H3,(H,15,21)(H,18,20)(H,16,17,19). The number of aromatic nitrogens is 3. The topological polar surface area (TPSA) is 99.8 Å². The molecule has 7 nitrogen and oxygen atoms in total. The van der Waals surface area contributed by atoms with Gasteiger partial charge in [0.1, 0.15) is 6.33 Å². The first-order valence-electron chi connectivity index (χ1n) is 6.81. The third-order valence-corrected chi connectivity index (χ3v) is 3.73. The number of aryl methyl sites for hydroxylation is 1. The lowest BCUT2D eigenvalue weighted by Gasteiger charge is -2.10. The van der Waals surface area contributed by atoms with Crippen molar-refractivity contribution in [3.63, 3.8) is 0 Å². The SMILES string of the molecule is CCc1ccccc1NC(=O)CNC(=O)CSc1ncn[nH]1. The summed E-state index contributed by atoms with van der Waals surface area (Å²) in [5.74, 6) is -0.312. The van der Waals surface area contributed by atoms with Crippen molar-refractivity contribution in [2.24, 2.45) is 0 Å². The van der Waals surface area contributed by atoms with Crippen molar-refractivity contribution in [1.29, 1.82) is 0 Å². The van der Waals surface area contributed by atoms with E-state index >= 15 is 0 Å². The molecule has 0 aliphatic carbocycles. The Labute approximate surface area is 132 Å². The molecule has 2 amide bonds. The minimum atomic E-state index is -0.251. The second-order valence-corrected chi connectivity index (χ2v) is 5.38. The monoisotopic (exact) mass is 319 g/mol. The predicted octanol–water partition coefficient (Wildman–Crippen LogP) is 1.21. The second-order valence-electron chi connectivity index (χ2n) is 4.41. The molecule has 0 atom stereocenters. The van der Waals surface area contributed by atoms with Gasteiger partial charge < -0.3 is 10.6 Å². The number of nitrogens with one attached hydrogen (secondary N) is 3. The Bertz CT molecular complexity index is 630. The Morgan fingerprint density at radius 1 is 1.27 bits per heavy atom. The number of hydrogen-bond acceptors (Lipinski definition) is 5. The third kappa shape index (κ3) is 4.88. The van der Waals surface area contributed by atoms with Crippen LogP contribution in [0.3, 0.4) is 0 Å². The maximum atomic E-state index is 11.9. The first-order valence-corrected chi connectivity index (χ1v) is 7.80. The molecule has 1 aromatic heterocycles. The molecule has 0 unspecified atom stereocenters. The molecule has 2 rings (SSSR count). The van der Waals surface area contributed by atoms with Crippen LogP contribution in [0, 0.1) is 0 Å². The van der Waals surface area contributed by atoms with E-state index in [0.29, 0.717) is 5.16 Å². The molecular weight excluding hydrogens is 302 g/mol. The molecule has 3 N–H and O–H groups in total. The van der Waals surface area contributed by atoms with Gasteiger partial charge in [0.05, 0.1) is 12.3 Å². The summed E-state index contributed by atoms with van der Waals surface area (Å²) < 4.78 is 0. The van der Waals surface area contributed by atoms with Crippen molar-refractivity contribution in [3.05, 3.63) is 36.2 Å². The molecule has 0 aliphatic heterocycles. The summed E-state index contributed by atoms with van der Waals surface area (Å²) in [4.78, 5) is 27.4. The number of hydrogen-bond donors (Lipinski definition) is 3. The molecule has 2 aromatic rings. The van der Waals surface area contributed by atoms with Gasteiger partial charge in [-0.25, -0.2) is 4.98 Å². The lowest BCUT2D eigenvalue weighted by molar-refractivity contribution is -0.122. The van der Waals surface area contributed by atoms with E-state index in [-0.39, 0.29) is 24.1 Å². The Balaban J connectivity index is 1.74. The van der Waals surface area contributed by atoms with Crippen LogP contribution in [0.4, 0.5) is 5.69 Å². The van der Waals surface area contributed by atoms with E-state index in [0.717, 1.165) is 17.7 Å². The average molecular weight is 319 g/mol. The van der Waals surface area contributed by atoms with Gasteiger partial charge in [0, 0.05) is 5.69 Å². The highest BCUT2D eigenvalue weighted by molar-refractivity contribution is 7.99. The summed E-state index contributed by atoms with van der Waals surface area (Å²) in [5.41, 5.74) is 1.84. The Morgan fingerprint density at radius 3 is 2.82 bits per heavy atom. The first kappa shape index (κ1) is 16.0. The fraction of sp³-hybridized carbons (Fsp3) is 0.286. The van der Waals surface area contributed by atoms with Crippen LogP contribution in [-0.4, -0.2) is 39.3 Å². The van der Waals surface area contributed by atoms with Crippen molar-refractivity contribution in [3.8, 4) is 0 Å². The van der Waals surface area contributed by atoms with E-state index in [9.17, 15) is 9.59 Å². The largest absolute Gasteiger partial charge is 0.346 e. The second kappa shape index (κ2) is 8.18. The van der Waals surface area contributed by atoms with E-state index in [4.69, 9.17) is 0 Å². The van der Waals surface area contributed by atoms with Crippen LogP contribution >= 0.6 is 11.8 Å². The number of para-hydroxylation sites is 1. The molecule has 22 heavy (non-hydrogen) atoms. The number of rotatable bonds is 7. The molecule has 0 saturated carbocycles. The highest BCUT2D eigenvalue weighted by Crippen LogP contribution is 2.15. The predicted molar refractivity (Wildman–Crippen MR) is 84.6 cm³/mol. The number of thioether (sulfide) groups is 1. The maximum Gasteiger partial charge on any atom is 0.243 e. The zero-order chi connectivity index (χ0) is 15.8. The van der Waals surface area contributed by atoms with Crippen LogP contribution in [0.15, 0.2) is 35.7 Å². The van der Waals surface area contributed by atoms with Gasteiger partial charge in [-0.3, -0.25) is 14.7 Å². The van der Waals surface area contributed by atoms with Crippen LogP contribution in [0.5, 0.6) is 0 Å². The molecule has 116 valence electrons. The van der Waals surface area contributed by atoms with Gasteiger partial charge in [0.15, 0.2) is 5.16 Å². The fourth-order valence-electron chi connectivity index (χ4n) is 1.77. The van der Waals surface area contributed by atoms with E-state index < -0.39 is 0 Å². The summed E-state index contributed by atoms with van der Waals surface area (Å²) in [5, 5.41) is 12.3. The highest BCUT2D eigenvalue weighted by atomic mass is 32.2. The Morgan fingerprint density at radius 2 is 2.09 bits per heavy atom. The Kier molecular flexibility index (Phi) is 5.96. The van der Waals surface area contributed by atoms with Crippen molar-refractivity contribution < 1.29 is 9.59 Å². The quantitative estimate of drug-likeness (QED) is 0.666. The maximum absolute atomic E-state index is 11.9. The normalized spacial score (nSPS) is 10.2. The van der Waals surface area contributed by atoms with Crippen LogP contribution in [0.25, 0.3) is 0 Å². The van der Waals surface area contributed by atoms with Crippen molar-refractivity contribution in [1.82, 2.24) is 20.5 Å². The number of H-pyrrole nitrogens is 1. The van der Waals surface area contributed by atoms with E-state index in [1.54, 1.807) is 0 Å². The van der Waals surface area contributed by atoms with Gasteiger partial charge >= 0.3 is 0 Å². The number of amides is 2. The molecule has 0 fully saturated rings. The fourth-order valence-corrected chi connectivity index (χ4v) is 2.38. The van der Waals surface area contributed by atoms with Crippen LogP contribution < -0.4 is 10.6 Å². The van der Waals surface area contributed by atoms with Crippen LogP contribution in [0.2, 0.25) is 0 Å². The summed E-state index contributed by atoms with van der Waals surface area (Å²) in [7, 11) is 0. The minimum Gasteiger partial charge on any atom is -0.346 e. The van der Waals surface area contributed by atoms with Gasteiger partial charge in [-0.15, -0.1) is 0 Å². The molecule has 8 heteroatoms. The molecule has 1 aromatic carbocycles. The number of nitrogens with zero attached hydrogens (tertiary/aromatic N) is 2. The van der Waals surface area contributed by atoms with Crippen molar-refractivity contribution >= 4 is 29.3 Å². The zero-order valence-electron chi connectivity index (χ0n) is 12.1. The lowest BCUT2D eigenvalue weighted by atomic mass is 10.1.